The third-order valence-electron chi connectivity index (χ3n) is 3.54. The van der Waals surface area contributed by atoms with Gasteiger partial charge in [0.15, 0.2) is 0 Å². The van der Waals surface area contributed by atoms with Gasteiger partial charge in [-0.25, -0.2) is 4.68 Å². The smallest absolute Gasteiger partial charge is 0.267 e. The molecule has 0 atom stereocenters. The molecule has 0 saturated carbocycles. The van der Waals surface area contributed by atoms with Crippen LogP contribution in [0.1, 0.15) is 23.1 Å². The van der Waals surface area contributed by atoms with E-state index in [2.05, 4.69) is 15.6 Å². The number of aromatic nitrogens is 3. The van der Waals surface area contributed by atoms with Crippen molar-refractivity contribution in [2.24, 2.45) is 0 Å². The van der Waals surface area contributed by atoms with Crippen LogP contribution < -0.4 is 5.43 Å². The van der Waals surface area contributed by atoms with Crippen LogP contribution in [-0.4, -0.2) is 26.5 Å². The number of aryl methyl sites for hydroxylation is 1. The average Bonchev–Trinajstić information content (AvgIpc) is 2.96. The first-order valence-electron chi connectivity index (χ1n) is 7.70. The molecule has 1 heterocycles. The Balaban J connectivity index is 1.78. The van der Waals surface area contributed by atoms with Crippen molar-refractivity contribution in [2.75, 3.05) is 11.2 Å². The van der Waals surface area contributed by atoms with E-state index in [1.165, 1.54) is 11.8 Å². The lowest BCUT2D eigenvalue weighted by Crippen LogP contribution is -2.24. The number of benzene rings is 2. The highest BCUT2D eigenvalue weighted by molar-refractivity contribution is 7.99. The lowest BCUT2D eigenvalue weighted by atomic mass is 10.0. The standard InChI is InChI=1S/C18H18N4OS/c1-3-24-18-20-19-13(2)22(18)21-17(23)16-11-9-15(10-12-16)14-7-5-4-6-8-14/h4-12H,3H2,1-2H3,(H,21,23). The Morgan fingerprint density at radius 2 is 1.71 bits per heavy atom. The topological polar surface area (TPSA) is 59.8 Å². The van der Waals surface area contributed by atoms with Gasteiger partial charge in [0.05, 0.1) is 0 Å². The fourth-order valence-corrected chi connectivity index (χ4v) is 2.97. The Morgan fingerprint density at radius 3 is 2.38 bits per heavy atom. The minimum atomic E-state index is -0.185. The molecule has 0 fully saturated rings. The number of hydrogen-bond acceptors (Lipinski definition) is 4. The van der Waals surface area contributed by atoms with E-state index in [9.17, 15) is 4.79 Å². The summed E-state index contributed by atoms with van der Waals surface area (Å²) in [6.07, 6.45) is 0. The zero-order valence-electron chi connectivity index (χ0n) is 13.6. The van der Waals surface area contributed by atoms with Gasteiger partial charge in [-0.2, -0.15) is 0 Å². The first-order chi connectivity index (χ1) is 11.7. The van der Waals surface area contributed by atoms with Crippen molar-refractivity contribution >= 4 is 17.7 Å². The Kier molecular flexibility index (Phi) is 4.96. The molecule has 1 aromatic heterocycles. The summed E-state index contributed by atoms with van der Waals surface area (Å²) in [5, 5.41) is 8.76. The van der Waals surface area contributed by atoms with Crippen LogP contribution >= 0.6 is 11.8 Å². The number of rotatable bonds is 5. The first-order valence-corrected chi connectivity index (χ1v) is 8.69. The fraction of sp³-hybridized carbons (Fsp3) is 0.167. The molecular formula is C18H18N4OS. The van der Waals surface area contributed by atoms with Crippen molar-refractivity contribution in [1.29, 1.82) is 0 Å². The highest BCUT2D eigenvalue weighted by Gasteiger charge is 2.13. The van der Waals surface area contributed by atoms with E-state index >= 15 is 0 Å². The Bertz CT molecular complexity index is 828. The Morgan fingerprint density at radius 1 is 1.04 bits per heavy atom. The molecule has 0 spiro atoms. The maximum Gasteiger partial charge on any atom is 0.270 e. The van der Waals surface area contributed by atoms with Gasteiger partial charge in [-0.3, -0.25) is 10.2 Å². The zero-order chi connectivity index (χ0) is 16.9. The number of nitrogens with one attached hydrogen (secondary N) is 1. The van der Waals surface area contributed by atoms with Crippen molar-refractivity contribution < 1.29 is 4.79 Å². The summed E-state index contributed by atoms with van der Waals surface area (Å²) in [4.78, 5) is 12.5. The van der Waals surface area contributed by atoms with Gasteiger partial charge in [-0.15, -0.1) is 10.2 Å². The van der Waals surface area contributed by atoms with E-state index in [0.717, 1.165) is 16.9 Å². The van der Waals surface area contributed by atoms with E-state index in [1.54, 1.807) is 4.68 Å². The van der Waals surface area contributed by atoms with Crippen molar-refractivity contribution in [2.45, 2.75) is 19.0 Å². The molecule has 5 nitrogen and oxygen atoms in total. The molecule has 3 aromatic rings. The third kappa shape index (κ3) is 3.49. The first kappa shape index (κ1) is 16.3. The molecule has 0 aliphatic carbocycles. The summed E-state index contributed by atoms with van der Waals surface area (Å²) in [5.74, 6) is 1.33. The van der Waals surface area contributed by atoms with Gasteiger partial charge in [-0.05, 0) is 35.9 Å². The normalized spacial score (nSPS) is 10.6. The predicted octanol–water partition coefficient (Wildman–Crippen LogP) is 3.75. The van der Waals surface area contributed by atoms with Gasteiger partial charge in [-0.1, -0.05) is 61.2 Å². The van der Waals surface area contributed by atoms with Crippen LogP contribution in [0.3, 0.4) is 0 Å². The van der Waals surface area contributed by atoms with Crippen molar-refractivity contribution in [3.05, 3.63) is 66.0 Å². The second-order valence-corrected chi connectivity index (χ2v) is 6.41. The van der Waals surface area contributed by atoms with E-state index in [-0.39, 0.29) is 5.91 Å². The zero-order valence-corrected chi connectivity index (χ0v) is 14.4. The van der Waals surface area contributed by atoms with E-state index in [0.29, 0.717) is 16.5 Å². The lowest BCUT2D eigenvalue weighted by Gasteiger charge is -2.10. The van der Waals surface area contributed by atoms with Gasteiger partial charge in [0.25, 0.3) is 5.91 Å². The Hall–Kier alpha value is -2.60. The molecule has 0 unspecified atom stereocenters. The minimum Gasteiger partial charge on any atom is -0.267 e. The summed E-state index contributed by atoms with van der Waals surface area (Å²) in [6, 6.07) is 17.6. The summed E-state index contributed by atoms with van der Waals surface area (Å²) in [6.45, 7) is 3.84. The van der Waals surface area contributed by atoms with E-state index in [4.69, 9.17) is 0 Å². The van der Waals surface area contributed by atoms with E-state index < -0.39 is 0 Å². The third-order valence-corrected chi connectivity index (χ3v) is 4.35. The van der Waals surface area contributed by atoms with Crippen LogP contribution in [0.15, 0.2) is 59.8 Å². The van der Waals surface area contributed by atoms with Crippen molar-refractivity contribution in [1.82, 2.24) is 14.9 Å². The Labute approximate surface area is 145 Å². The number of carbonyl (C=O) groups is 1. The van der Waals surface area contributed by atoms with Crippen LogP contribution in [-0.2, 0) is 0 Å². The number of nitrogens with zero attached hydrogens (tertiary/aromatic N) is 3. The molecule has 24 heavy (non-hydrogen) atoms. The number of thioether (sulfide) groups is 1. The summed E-state index contributed by atoms with van der Waals surface area (Å²) in [5.41, 5.74) is 5.65. The van der Waals surface area contributed by atoms with E-state index in [1.807, 2.05) is 68.4 Å². The summed E-state index contributed by atoms with van der Waals surface area (Å²) >= 11 is 1.53. The molecule has 0 aliphatic rings. The molecule has 2 aromatic carbocycles. The second kappa shape index (κ2) is 7.31. The minimum absolute atomic E-state index is 0.185. The molecule has 0 aliphatic heterocycles. The van der Waals surface area contributed by atoms with Crippen molar-refractivity contribution in [3.63, 3.8) is 0 Å². The molecular weight excluding hydrogens is 320 g/mol. The number of hydrogen-bond donors (Lipinski definition) is 1. The van der Waals surface area contributed by atoms with Crippen LogP contribution in [0.25, 0.3) is 11.1 Å². The van der Waals surface area contributed by atoms with Gasteiger partial charge in [0, 0.05) is 5.56 Å². The summed E-state index contributed by atoms with van der Waals surface area (Å²) in [7, 11) is 0. The maximum atomic E-state index is 12.5. The van der Waals surface area contributed by atoms with Gasteiger partial charge in [0.2, 0.25) is 5.16 Å². The second-order valence-electron chi connectivity index (χ2n) is 5.18. The molecule has 0 saturated heterocycles. The molecule has 1 N–H and O–H groups in total. The number of carbonyl (C=O) groups excluding carboxylic acids is 1. The van der Waals surface area contributed by atoms with Gasteiger partial charge >= 0.3 is 0 Å². The highest BCUT2D eigenvalue weighted by Crippen LogP contribution is 2.20. The highest BCUT2D eigenvalue weighted by atomic mass is 32.2. The predicted molar refractivity (Wildman–Crippen MR) is 96.7 cm³/mol. The maximum absolute atomic E-state index is 12.5. The number of amides is 1. The molecule has 1 amide bonds. The average molecular weight is 338 g/mol. The molecule has 122 valence electrons. The molecule has 6 heteroatoms. The van der Waals surface area contributed by atoms with Crippen LogP contribution in [0.2, 0.25) is 0 Å². The largest absolute Gasteiger partial charge is 0.270 e. The van der Waals surface area contributed by atoms with Crippen LogP contribution in [0, 0.1) is 6.92 Å². The van der Waals surface area contributed by atoms with Gasteiger partial charge < -0.3 is 0 Å². The van der Waals surface area contributed by atoms with Crippen molar-refractivity contribution in [3.8, 4) is 11.1 Å². The van der Waals surface area contributed by atoms with Gasteiger partial charge in [0.1, 0.15) is 5.82 Å². The monoisotopic (exact) mass is 338 g/mol. The molecule has 0 bridgehead atoms. The van der Waals surface area contributed by atoms with Crippen LogP contribution in [0.5, 0.6) is 0 Å². The quantitative estimate of drug-likeness (QED) is 0.720. The fourth-order valence-electron chi connectivity index (χ4n) is 2.30. The summed E-state index contributed by atoms with van der Waals surface area (Å²) < 4.78 is 1.63. The van der Waals surface area contributed by atoms with Crippen LogP contribution in [0.4, 0.5) is 0 Å². The SMILES string of the molecule is CCSc1nnc(C)n1NC(=O)c1ccc(-c2ccccc2)cc1. The molecule has 0 radical (unpaired) electrons. The lowest BCUT2D eigenvalue weighted by molar-refractivity contribution is 0.101. The molecule has 3 rings (SSSR count).